The van der Waals surface area contributed by atoms with Crippen LogP contribution in [-0.2, 0) is 28.6 Å². The van der Waals surface area contributed by atoms with Crippen LogP contribution in [0.3, 0.4) is 0 Å². The van der Waals surface area contributed by atoms with Crippen molar-refractivity contribution in [3.05, 3.63) is 71.1 Å². The molecule has 0 unspecified atom stereocenters. The number of hydrogen-bond acceptors (Lipinski definition) is 10. The van der Waals surface area contributed by atoms with E-state index in [-0.39, 0.29) is 27.1 Å². The first-order valence-corrected chi connectivity index (χ1v) is 11.6. The average molecular weight is 524 g/mol. The molecule has 4 rings (SSSR count). The minimum Gasteiger partial charge on any atom is -0.507 e. The Hall–Kier alpha value is -4.41. The molecule has 0 saturated carbocycles. The van der Waals surface area contributed by atoms with Crippen LogP contribution in [0.2, 0.25) is 0 Å². The lowest BCUT2D eigenvalue weighted by atomic mass is 9.75. The third kappa shape index (κ3) is 3.77. The van der Waals surface area contributed by atoms with Crippen molar-refractivity contribution in [3.8, 4) is 5.75 Å². The molecule has 1 aromatic carbocycles. The number of esters is 3. The van der Waals surface area contributed by atoms with Crippen molar-refractivity contribution in [1.29, 1.82) is 0 Å². The van der Waals surface area contributed by atoms with Crippen molar-refractivity contribution in [3.63, 3.8) is 0 Å². The van der Waals surface area contributed by atoms with E-state index in [1.807, 2.05) is 0 Å². The summed E-state index contributed by atoms with van der Waals surface area (Å²) in [6.45, 7) is 6.37. The lowest BCUT2D eigenvalue weighted by Crippen LogP contribution is -2.58. The molecule has 0 amide bonds. The molecule has 0 fully saturated rings. The molecule has 3 aliphatic rings. The van der Waals surface area contributed by atoms with Gasteiger partial charge < -0.3 is 30.0 Å². The van der Waals surface area contributed by atoms with Crippen molar-refractivity contribution < 1.29 is 43.6 Å². The zero-order valence-electron chi connectivity index (χ0n) is 21.1. The number of carbonyl (C=O) groups excluding carboxylic acids is 3. The van der Waals surface area contributed by atoms with E-state index in [4.69, 9.17) is 14.2 Å². The van der Waals surface area contributed by atoms with Crippen molar-refractivity contribution >= 4 is 28.7 Å². The van der Waals surface area contributed by atoms with E-state index in [9.17, 15) is 39.7 Å². The van der Waals surface area contributed by atoms with E-state index < -0.39 is 74.9 Å². The first kappa shape index (κ1) is 26.6. The van der Waals surface area contributed by atoms with Gasteiger partial charge in [0.05, 0.1) is 16.9 Å². The first-order chi connectivity index (χ1) is 17.8. The van der Waals surface area contributed by atoms with Gasteiger partial charge in [-0.3, -0.25) is 24.0 Å². The molecule has 12 nitrogen and oxygen atoms in total. The van der Waals surface area contributed by atoms with Crippen LogP contribution < -0.4 is 16.2 Å². The van der Waals surface area contributed by atoms with Gasteiger partial charge in [-0.15, -0.1) is 0 Å². The molecular formula is C26H24N2O10. The Morgan fingerprint density at radius 1 is 1.03 bits per heavy atom. The summed E-state index contributed by atoms with van der Waals surface area (Å²) < 4.78 is 16.5. The van der Waals surface area contributed by atoms with E-state index in [1.54, 1.807) is 0 Å². The standard InChI is InChI=1S/C26H24N2O10/c1-9(2)25(35)38-26(5)23(36-10(3)29)18-16(22(34)24(26)37-11(4)30)15-17(19(18)28-27)21(33)14-12(20(15)32)7-6-8-13(14)31/h6-9,22-24,31,34H,1-5H3/t22-,23+,24+,26+/m0/s1. The van der Waals surface area contributed by atoms with Gasteiger partial charge in [-0.25, -0.2) is 0 Å². The summed E-state index contributed by atoms with van der Waals surface area (Å²) >= 11 is 0. The smallest absolute Gasteiger partial charge is 0.334 e. The predicted molar refractivity (Wildman–Crippen MR) is 127 cm³/mol. The Kier molecular flexibility index (Phi) is 6.42. The number of phenols is 1. The van der Waals surface area contributed by atoms with Crippen LogP contribution in [0.4, 0.5) is 0 Å². The average Bonchev–Trinajstić information content (AvgIpc) is 3.18. The second-order valence-electron chi connectivity index (χ2n) is 9.61. The van der Waals surface area contributed by atoms with Crippen LogP contribution in [0.25, 0.3) is 16.3 Å². The quantitative estimate of drug-likeness (QED) is 0.211. The highest BCUT2D eigenvalue weighted by Crippen LogP contribution is 2.48. The summed E-state index contributed by atoms with van der Waals surface area (Å²) in [4.78, 5) is 67.5. The SMILES string of the molecule is CC(=O)O[C@@H]1c2c(c3c(=O)c4cccc(O)c4c(=O)c=3c2=[N+]=[N-])[C@H](O)[C@@H](OC(C)=O)[C@]1(C)OC(=O)C(C)C. The van der Waals surface area contributed by atoms with Gasteiger partial charge in [-0.05, 0) is 13.0 Å². The number of phenolic OH excluding ortho intramolecular Hbond substituents is 1. The number of rotatable bonds is 4. The van der Waals surface area contributed by atoms with E-state index in [1.165, 1.54) is 39.0 Å². The Bertz CT molecular complexity index is 1760. The van der Waals surface area contributed by atoms with Crippen LogP contribution in [0.5, 0.6) is 5.75 Å². The van der Waals surface area contributed by atoms with Gasteiger partial charge in [0.1, 0.15) is 17.1 Å². The van der Waals surface area contributed by atoms with E-state index >= 15 is 0 Å². The van der Waals surface area contributed by atoms with Crippen LogP contribution in [0.15, 0.2) is 27.8 Å². The Morgan fingerprint density at radius 3 is 2.21 bits per heavy atom. The van der Waals surface area contributed by atoms with Gasteiger partial charge >= 0.3 is 23.3 Å². The summed E-state index contributed by atoms with van der Waals surface area (Å²) in [7, 11) is 0. The minimum absolute atomic E-state index is 0.181. The molecule has 0 spiro atoms. The third-order valence-electron chi connectivity index (χ3n) is 6.67. The Morgan fingerprint density at radius 2 is 1.66 bits per heavy atom. The number of aromatic hydroxyl groups is 1. The zero-order chi connectivity index (χ0) is 28.3. The van der Waals surface area contributed by atoms with E-state index in [2.05, 4.69) is 4.79 Å². The monoisotopic (exact) mass is 524 g/mol. The summed E-state index contributed by atoms with van der Waals surface area (Å²) in [5, 5.41) is 20.0. The number of fused-ring (bicyclic) bond motifs is 3. The lowest BCUT2D eigenvalue weighted by Gasteiger charge is -2.46. The Labute approximate surface area is 214 Å². The van der Waals surface area contributed by atoms with Gasteiger partial charge in [-0.2, -0.15) is 4.79 Å². The number of carbonyl (C=O) groups is 3. The summed E-state index contributed by atoms with van der Waals surface area (Å²) in [6, 6.07) is 3.84. The van der Waals surface area contributed by atoms with Crippen LogP contribution in [0.1, 0.15) is 58.0 Å². The molecule has 0 aromatic heterocycles. The number of aliphatic hydroxyl groups excluding tert-OH is 1. The van der Waals surface area contributed by atoms with Crippen LogP contribution in [0, 0.1) is 16.4 Å². The maximum absolute atomic E-state index is 13.6. The van der Waals surface area contributed by atoms with Crippen LogP contribution >= 0.6 is 0 Å². The molecule has 3 aliphatic carbocycles. The minimum atomic E-state index is -2.09. The second-order valence-corrected chi connectivity index (χ2v) is 9.61. The topological polar surface area (TPSA) is 190 Å². The molecule has 198 valence electrons. The number of hydrogen-bond donors (Lipinski definition) is 2. The fraction of sp³-hybridized carbons (Fsp3) is 0.385. The zero-order valence-corrected chi connectivity index (χ0v) is 21.1. The molecule has 12 heteroatoms. The molecule has 1 aromatic rings. The Balaban J connectivity index is 2.27. The molecule has 0 saturated heterocycles. The fourth-order valence-electron chi connectivity index (χ4n) is 5.06. The summed E-state index contributed by atoms with van der Waals surface area (Å²) in [6.07, 6.45) is -5.31. The fourth-order valence-corrected chi connectivity index (χ4v) is 5.06. The van der Waals surface area contributed by atoms with Crippen molar-refractivity contribution in [2.24, 2.45) is 5.92 Å². The van der Waals surface area contributed by atoms with Gasteiger partial charge in [0.2, 0.25) is 5.43 Å². The number of benzene rings is 1. The van der Waals surface area contributed by atoms with Crippen LogP contribution in [-0.4, -0.2) is 44.6 Å². The predicted octanol–water partition coefficient (Wildman–Crippen LogP) is 0.537. The van der Waals surface area contributed by atoms with Crippen molar-refractivity contribution in [2.75, 3.05) is 0 Å². The maximum atomic E-state index is 13.6. The van der Waals surface area contributed by atoms with E-state index in [0.717, 1.165) is 13.8 Å². The summed E-state index contributed by atoms with van der Waals surface area (Å²) in [5.74, 6) is -3.79. The summed E-state index contributed by atoms with van der Waals surface area (Å²) in [5.41, 5.74) is 5.66. The second kappa shape index (κ2) is 9.16. The van der Waals surface area contributed by atoms with Gasteiger partial charge in [0.25, 0.3) is 0 Å². The van der Waals surface area contributed by atoms with Gasteiger partial charge in [0, 0.05) is 30.0 Å². The molecule has 2 N–H and O–H groups in total. The molecule has 0 bridgehead atoms. The van der Waals surface area contributed by atoms with Crippen molar-refractivity contribution in [2.45, 2.75) is 58.5 Å². The molecule has 38 heavy (non-hydrogen) atoms. The lowest BCUT2D eigenvalue weighted by molar-refractivity contribution is -0.233. The highest BCUT2D eigenvalue weighted by Gasteiger charge is 2.60. The van der Waals surface area contributed by atoms with Gasteiger partial charge in [0.15, 0.2) is 23.2 Å². The molecule has 0 aliphatic heterocycles. The molecule has 4 atom stereocenters. The molecular weight excluding hydrogens is 500 g/mol. The molecule has 0 radical (unpaired) electrons. The maximum Gasteiger partial charge on any atom is 0.334 e. The third-order valence-corrected chi connectivity index (χ3v) is 6.67. The van der Waals surface area contributed by atoms with E-state index in [0.29, 0.717) is 0 Å². The highest BCUT2D eigenvalue weighted by molar-refractivity contribution is 5.88. The molecule has 0 heterocycles. The number of ether oxygens (including phenoxy) is 3. The highest BCUT2D eigenvalue weighted by atomic mass is 16.6. The number of aliphatic hydroxyl groups is 1. The largest absolute Gasteiger partial charge is 0.507 e. The van der Waals surface area contributed by atoms with Crippen molar-refractivity contribution in [1.82, 2.24) is 0 Å². The first-order valence-electron chi connectivity index (χ1n) is 11.6. The normalized spacial score (nSPS) is 22.7. The number of nitrogens with zero attached hydrogens (tertiary/aromatic N) is 2. The van der Waals surface area contributed by atoms with Gasteiger partial charge in [-0.1, -0.05) is 26.0 Å².